The molecule has 1 aliphatic carbocycles. The molecule has 0 bridgehead atoms. The van der Waals surface area contributed by atoms with Crippen LogP contribution in [0, 0.1) is 5.92 Å². The summed E-state index contributed by atoms with van der Waals surface area (Å²) >= 11 is 0. The maximum absolute atomic E-state index is 11.9. The van der Waals surface area contributed by atoms with Crippen molar-refractivity contribution in [3.8, 4) is 0 Å². The molecule has 16 heavy (non-hydrogen) atoms. The molecule has 1 aliphatic heterocycles. The predicted molar refractivity (Wildman–Crippen MR) is 57.6 cm³/mol. The van der Waals surface area contributed by atoms with E-state index >= 15 is 0 Å². The smallest absolute Gasteiger partial charge is 0.417 e. The molecule has 0 spiro atoms. The van der Waals surface area contributed by atoms with Crippen molar-refractivity contribution in [2.75, 3.05) is 13.1 Å². The fourth-order valence-electron chi connectivity index (χ4n) is 2.53. The normalized spacial score (nSPS) is 27.3. The van der Waals surface area contributed by atoms with Crippen LogP contribution in [0.25, 0.3) is 0 Å². The fourth-order valence-corrected chi connectivity index (χ4v) is 2.53. The van der Waals surface area contributed by atoms with Gasteiger partial charge < -0.3 is 10.5 Å². The molecule has 0 aromatic carbocycles. The fraction of sp³-hybridized carbons (Fsp3) is 0.818. The topological polar surface area (TPSA) is 72.6 Å². The van der Waals surface area contributed by atoms with E-state index in [1.165, 1.54) is 6.42 Å². The minimum Gasteiger partial charge on any atom is -0.435 e. The number of nitrogens with two attached hydrogens (primary N) is 1. The molecule has 2 N–H and O–H groups in total. The second-order valence-electron chi connectivity index (χ2n) is 4.48. The SMILES string of the molecule is NCCN1C(=O)O[C@@H](C2CCCCC2)C1=O. The molecule has 2 rings (SSSR count). The van der Waals surface area contributed by atoms with Gasteiger partial charge in [-0.2, -0.15) is 0 Å². The maximum Gasteiger partial charge on any atom is 0.417 e. The third kappa shape index (κ3) is 2.04. The molecule has 2 aliphatic rings. The number of hydrogen-bond acceptors (Lipinski definition) is 4. The summed E-state index contributed by atoms with van der Waals surface area (Å²) < 4.78 is 5.16. The summed E-state index contributed by atoms with van der Waals surface area (Å²) in [4.78, 5) is 24.5. The van der Waals surface area contributed by atoms with Crippen LogP contribution in [0.5, 0.6) is 0 Å². The number of ether oxygens (including phenoxy) is 1. The molecule has 2 fully saturated rings. The molecule has 2 amide bonds. The first-order chi connectivity index (χ1) is 7.74. The zero-order valence-electron chi connectivity index (χ0n) is 9.35. The summed E-state index contributed by atoms with van der Waals surface area (Å²) in [6, 6.07) is 0. The minimum absolute atomic E-state index is 0.192. The van der Waals surface area contributed by atoms with Gasteiger partial charge in [0, 0.05) is 19.0 Å². The molecule has 0 aromatic heterocycles. The monoisotopic (exact) mass is 226 g/mol. The second kappa shape index (κ2) is 4.82. The molecule has 1 atom stereocenters. The van der Waals surface area contributed by atoms with E-state index in [-0.39, 0.29) is 24.9 Å². The largest absolute Gasteiger partial charge is 0.435 e. The van der Waals surface area contributed by atoms with Crippen LogP contribution >= 0.6 is 0 Å². The van der Waals surface area contributed by atoms with Crippen molar-refractivity contribution in [1.29, 1.82) is 0 Å². The van der Waals surface area contributed by atoms with Crippen molar-refractivity contribution in [3.63, 3.8) is 0 Å². The summed E-state index contributed by atoms with van der Waals surface area (Å²) in [7, 11) is 0. The van der Waals surface area contributed by atoms with Crippen LogP contribution in [0.2, 0.25) is 0 Å². The lowest BCUT2D eigenvalue weighted by molar-refractivity contribution is -0.132. The lowest BCUT2D eigenvalue weighted by atomic mass is 9.85. The van der Waals surface area contributed by atoms with Crippen LogP contribution in [-0.2, 0) is 9.53 Å². The van der Waals surface area contributed by atoms with E-state index in [2.05, 4.69) is 0 Å². The van der Waals surface area contributed by atoms with Crippen molar-refractivity contribution >= 4 is 12.0 Å². The Balaban J connectivity index is 2.01. The Labute approximate surface area is 94.9 Å². The number of cyclic esters (lactones) is 1. The number of hydrogen-bond donors (Lipinski definition) is 1. The average molecular weight is 226 g/mol. The van der Waals surface area contributed by atoms with E-state index in [9.17, 15) is 9.59 Å². The lowest BCUT2D eigenvalue weighted by Crippen LogP contribution is -2.38. The van der Waals surface area contributed by atoms with Crippen molar-refractivity contribution in [3.05, 3.63) is 0 Å². The van der Waals surface area contributed by atoms with Gasteiger partial charge in [-0.25, -0.2) is 9.69 Å². The third-order valence-electron chi connectivity index (χ3n) is 3.39. The Morgan fingerprint density at radius 1 is 1.25 bits per heavy atom. The Morgan fingerprint density at radius 2 is 1.94 bits per heavy atom. The molecule has 0 aromatic rings. The minimum atomic E-state index is -0.542. The Kier molecular flexibility index (Phi) is 3.43. The Hall–Kier alpha value is -1.10. The van der Waals surface area contributed by atoms with Crippen LogP contribution in [-0.4, -0.2) is 36.1 Å². The van der Waals surface area contributed by atoms with Gasteiger partial charge in [-0.3, -0.25) is 4.79 Å². The third-order valence-corrected chi connectivity index (χ3v) is 3.39. The molecule has 1 saturated heterocycles. The van der Waals surface area contributed by atoms with Crippen LogP contribution in [0.15, 0.2) is 0 Å². The van der Waals surface area contributed by atoms with Gasteiger partial charge in [0.25, 0.3) is 5.91 Å². The Bertz CT molecular complexity index is 287. The number of rotatable bonds is 3. The van der Waals surface area contributed by atoms with Gasteiger partial charge in [0.15, 0.2) is 6.10 Å². The molecule has 5 heteroatoms. The van der Waals surface area contributed by atoms with Crippen molar-refractivity contribution < 1.29 is 14.3 Å². The predicted octanol–water partition coefficient (Wildman–Crippen LogP) is 0.873. The highest BCUT2D eigenvalue weighted by molar-refractivity contribution is 6.00. The molecule has 0 unspecified atom stereocenters. The van der Waals surface area contributed by atoms with E-state index in [1.54, 1.807) is 0 Å². The van der Waals surface area contributed by atoms with Gasteiger partial charge >= 0.3 is 6.09 Å². The lowest BCUT2D eigenvalue weighted by Gasteiger charge is -2.24. The number of imide groups is 1. The van der Waals surface area contributed by atoms with Crippen molar-refractivity contribution in [2.45, 2.75) is 38.2 Å². The molecule has 1 saturated carbocycles. The standard InChI is InChI=1S/C11H18N2O3/c12-6-7-13-10(14)9(16-11(13)15)8-4-2-1-3-5-8/h8-9H,1-7,12H2/t9-/m0/s1. The van der Waals surface area contributed by atoms with Gasteiger partial charge in [0.2, 0.25) is 0 Å². The summed E-state index contributed by atoms with van der Waals surface area (Å²) in [5.74, 6) is 0.0234. The van der Waals surface area contributed by atoms with E-state index in [1.807, 2.05) is 0 Å². The van der Waals surface area contributed by atoms with E-state index in [0.29, 0.717) is 0 Å². The first-order valence-corrected chi connectivity index (χ1v) is 5.96. The number of nitrogens with zero attached hydrogens (tertiary/aromatic N) is 1. The molecule has 0 radical (unpaired) electrons. The van der Waals surface area contributed by atoms with E-state index in [4.69, 9.17) is 10.5 Å². The highest BCUT2D eigenvalue weighted by Crippen LogP contribution is 2.31. The second-order valence-corrected chi connectivity index (χ2v) is 4.48. The zero-order valence-corrected chi connectivity index (χ0v) is 9.35. The van der Waals surface area contributed by atoms with Gasteiger partial charge in [-0.15, -0.1) is 0 Å². The van der Waals surface area contributed by atoms with E-state index in [0.717, 1.165) is 30.6 Å². The summed E-state index contributed by atoms with van der Waals surface area (Å²) in [6.07, 6.45) is 4.38. The Morgan fingerprint density at radius 3 is 2.56 bits per heavy atom. The molecular weight excluding hydrogens is 208 g/mol. The molecule has 1 heterocycles. The molecule has 5 nitrogen and oxygen atoms in total. The summed E-state index contributed by atoms with van der Waals surface area (Å²) in [5.41, 5.74) is 5.36. The summed E-state index contributed by atoms with van der Waals surface area (Å²) in [6.45, 7) is 0.555. The maximum atomic E-state index is 11.9. The molecule has 90 valence electrons. The zero-order chi connectivity index (χ0) is 11.5. The van der Waals surface area contributed by atoms with Gasteiger partial charge in [0.1, 0.15) is 0 Å². The molecular formula is C11H18N2O3. The van der Waals surface area contributed by atoms with Gasteiger partial charge in [-0.1, -0.05) is 19.3 Å². The first-order valence-electron chi connectivity index (χ1n) is 5.96. The van der Waals surface area contributed by atoms with Crippen molar-refractivity contribution in [2.24, 2.45) is 11.7 Å². The highest BCUT2D eigenvalue weighted by Gasteiger charge is 2.44. The quantitative estimate of drug-likeness (QED) is 0.775. The average Bonchev–Trinajstić information content (AvgIpc) is 2.59. The van der Waals surface area contributed by atoms with Crippen LogP contribution in [0.3, 0.4) is 0 Å². The first kappa shape index (κ1) is 11.4. The summed E-state index contributed by atoms with van der Waals surface area (Å²) in [5, 5.41) is 0. The van der Waals surface area contributed by atoms with Crippen LogP contribution < -0.4 is 5.73 Å². The van der Waals surface area contributed by atoms with Gasteiger partial charge in [-0.05, 0) is 12.8 Å². The highest BCUT2D eigenvalue weighted by atomic mass is 16.6. The van der Waals surface area contributed by atoms with Crippen LogP contribution in [0.4, 0.5) is 4.79 Å². The van der Waals surface area contributed by atoms with Crippen molar-refractivity contribution in [1.82, 2.24) is 4.90 Å². The number of carbonyl (C=O) groups excluding carboxylic acids is 2. The van der Waals surface area contributed by atoms with Crippen LogP contribution in [0.1, 0.15) is 32.1 Å². The van der Waals surface area contributed by atoms with E-state index < -0.39 is 12.2 Å². The van der Waals surface area contributed by atoms with Gasteiger partial charge in [0.05, 0.1) is 0 Å². The number of carbonyl (C=O) groups is 2. The number of amides is 2.